The molecule has 0 aromatic heterocycles. The third-order valence-electron chi connectivity index (χ3n) is 1.14. The molecule has 0 fully saturated rings. The molecule has 0 radical (unpaired) electrons. The van der Waals surface area contributed by atoms with E-state index in [1.807, 2.05) is 20.8 Å². The zero-order chi connectivity index (χ0) is 8.15. The van der Waals surface area contributed by atoms with E-state index in [-0.39, 0.29) is 11.9 Å². The van der Waals surface area contributed by atoms with Crippen molar-refractivity contribution in [2.45, 2.75) is 32.9 Å². The van der Waals surface area contributed by atoms with Crippen molar-refractivity contribution in [2.24, 2.45) is 10.9 Å². The van der Waals surface area contributed by atoms with Crippen molar-refractivity contribution in [3.8, 4) is 0 Å². The highest BCUT2D eigenvalue weighted by atomic mass is 16.4. The van der Waals surface area contributed by atoms with Crippen molar-refractivity contribution in [3.05, 3.63) is 0 Å². The van der Waals surface area contributed by atoms with Crippen molar-refractivity contribution < 1.29 is 5.21 Å². The van der Waals surface area contributed by atoms with Gasteiger partial charge in [0, 0.05) is 6.04 Å². The fraction of sp³-hybridized carbons (Fsp3) is 0.833. The minimum atomic E-state index is -0.0648. The van der Waals surface area contributed by atoms with Gasteiger partial charge in [0.1, 0.15) is 0 Å². The molecule has 0 rings (SSSR count). The van der Waals surface area contributed by atoms with E-state index in [0.717, 1.165) is 0 Å². The summed E-state index contributed by atoms with van der Waals surface area (Å²) in [5.41, 5.74) is 5.30. The topological polar surface area (TPSA) is 70.6 Å². The number of nitrogens with one attached hydrogen (secondary N) is 1. The van der Waals surface area contributed by atoms with Gasteiger partial charge in [0.2, 0.25) is 0 Å². The summed E-state index contributed by atoms with van der Waals surface area (Å²) in [5, 5.41) is 14.2. The molecule has 0 saturated carbocycles. The first-order valence-corrected chi connectivity index (χ1v) is 3.31. The highest BCUT2D eigenvalue weighted by molar-refractivity contribution is 5.84. The van der Waals surface area contributed by atoms with Gasteiger partial charge in [0.25, 0.3) is 0 Å². The molecular weight excluding hydrogens is 130 g/mol. The van der Waals surface area contributed by atoms with Crippen molar-refractivity contribution >= 4 is 5.84 Å². The van der Waals surface area contributed by atoms with Crippen molar-refractivity contribution in [3.63, 3.8) is 0 Å². The molecule has 0 aliphatic carbocycles. The molecule has 0 aromatic carbocycles. The lowest BCUT2D eigenvalue weighted by atomic mass is 10.2. The Kier molecular flexibility index (Phi) is 3.79. The maximum atomic E-state index is 8.24. The molecule has 4 heteroatoms. The predicted molar refractivity (Wildman–Crippen MR) is 41.1 cm³/mol. The van der Waals surface area contributed by atoms with Gasteiger partial charge in [-0.3, -0.25) is 0 Å². The van der Waals surface area contributed by atoms with Gasteiger partial charge >= 0.3 is 0 Å². The smallest absolute Gasteiger partial charge is 0.156 e. The number of hydrogen-bond donors (Lipinski definition) is 3. The normalized spacial score (nSPS) is 15.8. The lowest BCUT2D eigenvalue weighted by molar-refractivity contribution is 0.314. The van der Waals surface area contributed by atoms with Crippen LogP contribution in [0.4, 0.5) is 0 Å². The fourth-order valence-electron chi connectivity index (χ4n) is 0.672. The van der Waals surface area contributed by atoms with E-state index >= 15 is 0 Å². The number of rotatable bonds is 3. The second-order valence-electron chi connectivity index (χ2n) is 2.57. The number of oxime groups is 1. The van der Waals surface area contributed by atoms with Crippen LogP contribution in [0.3, 0.4) is 0 Å². The fourth-order valence-corrected chi connectivity index (χ4v) is 0.672. The third-order valence-corrected chi connectivity index (χ3v) is 1.14. The Hall–Kier alpha value is -0.770. The van der Waals surface area contributed by atoms with Gasteiger partial charge in [-0.05, 0) is 6.92 Å². The van der Waals surface area contributed by atoms with Crippen LogP contribution in [-0.2, 0) is 0 Å². The first-order valence-electron chi connectivity index (χ1n) is 3.31. The second kappa shape index (κ2) is 4.11. The molecule has 0 bridgehead atoms. The number of amidine groups is 1. The molecule has 0 heterocycles. The zero-order valence-corrected chi connectivity index (χ0v) is 6.63. The van der Waals surface area contributed by atoms with Gasteiger partial charge in [-0.2, -0.15) is 0 Å². The first kappa shape index (κ1) is 9.23. The van der Waals surface area contributed by atoms with Gasteiger partial charge in [0.05, 0.1) is 6.04 Å². The summed E-state index contributed by atoms with van der Waals surface area (Å²) < 4.78 is 0. The van der Waals surface area contributed by atoms with Crippen LogP contribution in [-0.4, -0.2) is 23.1 Å². The Bertz CT molecular complexity index is 122. The summed E-state index contributed by atoms with van der Waals surface area (Å²) in [6, 6.07) is 0.278. The Labute approximate surface area is 61.1 Å². The maximum absolute atomic E-state index is 8.24. The van der Waals surface area contributed by atoms with E-state index in [2.05, 4.69) is 10.5 Å². The molecule has 60 valence electrons. The molecule has 0 aliphatic heterocycles. The molecule has 1 unspecified atom stereocenters. The third kappa shape index (κ3) is 3.29. The van der Waals surface area contributed by atoms with Crippen LogP contribution in [0.15, 0.2) is 5.16 Å². The van der Waals surface area contributed by atoms with E-state index in [9.17, 15) is 0 Å². The Morgan fingerprint density at radius 1 is 1.50 bits per heavy atom. The molecule has 0 saturated heterocycles. The average Bonchev–Trinajstić information content (AvgIpc) is 1.85. The quantitative estimate of drug-likeness (QED) is 0.228. The van der Waals surface area contributed by atoms with Gasteiger partial charge in [-0.15, -0.1) is 0 Å². The summed E-state index contributed by atoms with van der Waals surface area (Å²) >= 11 is 0. The maximum Gasteiger partial charge on any atom is 0.156 e. The van der Waals surface area contributed by atoms with Crippen LogP contribution < -0.4 is 11.1 Å². The first-order chi connectivity index (χ1) is 4.57. The molecule has 10 heavy (non-hydrogen) atoms. The van der Waals surface area contributed by atoms with Crippen LogP contribution >= 0.6 is 0 Å². The molecular formula is C6H15N3O. The van der Waals surface area contributed by atoms with E-state index in [0.29, 0.717) is 6.04 Å². The van der Waals surface area contributed by atoms with Gasteiger partial charge in [0.15, 0.2) is 5.84 Å². The molecule has 0 aromatic rings. The standard InChI is InChI=1S/C6H15N3O/c1-4(2)8-5(3)6(7)9-10/h4-5,8,10H,1-3H3,(H2,7,9). The van der Waals surface area contributed by atoms with Gasteiger partial charge < -0.3 is 16.3 Å². The largest absolute Gasteiger partial charge is 0.409 e. The van der Waals surface area contributed by atoms with Crippen LogP contribution in [0.25, 0.3) is 0 Å². The Balaban J connectivity index is 3.73. The summed E-state index contributed by atoms with van der Waals surface area (Å²) in [5.74, 6) is 0.216. The lowest BCUT2D eigenvalue weighted by Crippen LogP contribution is -2.42. The van der Waals surface area contributed by atoms with Crippen LogP contribution in [0, 0.1) is 0 Å². The summed E-state index contributed by atoms with van der Waals surface area (Å²) in [7, 11) is 0. The Morgan fingerprint density at radius 3 is 2.30 bits per heavy atom. The Morgan fingerprint density at radius 2 is 2.00 bits per heavy atom. The van der Waals surface area contributed by atoms with Crippen molar-refractivity contribution in [1.29, 1.82) is 0 Å². The predicted octanol–water partition coefficient (Wildman–Crippen LogP) is 0.119. The minimum Gasteiger partial charge on any atom is -0.409 e. The van der Waals surface area contributed by atoms with Crippen molar-refractivity contribution in [2.75, 3.05) is 0 Å². The molecule has 0 spiro atoms. The summed E-state index contributed by atoms with van der Waals surface area (Å²) in [6.07, 6.45) is 0. The molecule has 4 nitrogen and oxygen atoms in total. The summed E-state index contributed by atoms with van der Waals surface area (Å²) in [6.45, 7) is 5.84. The number of nitrogens with two attached hydrogens (primary N) is 1. The number of hydrogen-bond acceptors (Lipinski definition) is 3. The molecule has 1 atom stereocenters. The summed E-state index contributed by atoms with van der Waals surface area (Å²) in [4.78, 5) is 0. The van der Waals surface area contributed by atoms with Gasteiger partial charge in [-0.1, -0.05) is 19.0 Å². The van der Waals surface area contributed by atoms with E-state index < -0.39 is 0 Å². The minimum absolute atomic E-state index is 0.0648. The van der Waals surface area contributed by atoms with Crippen LogP contribution in [0.5, 0.6) is 0 Å². The highest BCUT2D eigenvalue weighted by Gasteiger charge is 2.06. The zero-order valence-electron chi connectivity index (χ0n) is 6.63. The van der Waals surface area contributed by atoms with Crippen LogP contribution in [0.2, 0.25) is 0 Å². The van der Waals surface area contributed by atoms with E-state index in [1.165, 1.54) is 0 Å². The van der Waals surface area contributed by atoms with Crippen molar-refractivity contribution in [1.82, 2.24) is 5.32 Å². The van der Waals surface area contributed by atoms with Crippen LogP contribution in [0.1, 0.15) is 20.8 Å². The van der Waals surface area contributed by atoms with E-state index in [1.54, 1.807) is 0 Å². The lowest BCUT2D eigenvalue weighted by Gasteiger charge is -2.14. The SMILES string of the molecule is CC(C)NC(C)C(N)=NO. The monoisotopic (exact) mass is 145 g/mol. The van der Waals surface area contributed by atoms with E-state index in [4.69, 9.17) is 10.9 Å². The number of nitrogens with zero attached hydrogens (tertiary/aromatic N) is 1. The molecule has 4 N–H and O–H groups in total. The second-order valence-corrected chi connectivity index (χ2v) is 2.57. The van der Waals surface area contributed by atoms with Gasteiger partial charge in [-0.25, -0.2) is 0 Å². The average molecular weight is 145 g/mol. The highest BCUT2D eigenvalue weighted by Crippen LogP contribution is 1.85. The molecule has 0 amide bonds. The molecule has 0 aliphatic rings.